The van der Waals surface area contributed by atoms with E-state index in [0.717, 1.165) is 19.3 Å². The average molecular weight is 371 g/mol. The van der Waals surface area contributed by atoms with Crippen molar-refractivity contribution in [3.63, 3.8) is 0 Å². The molecule has 9 heteroatoms. The van der Waals surface area contributed by atoms with Crippen molar-refractivity contribution in [3.8, 4) is 0 Å². The van der Waals surface area contributed by atoms with E-state index >= 15 is 0 Å². The molecule has 3 heterocycles. The second kappa shape index (κ2) is 6.81. The van der Waals surface area contributed by atoms with Crippen molar-refractivity contribution < 1.29 is 18.0 Å². The highest BCUT2D eigenvalue weighted by molar-refractivity contribution is 7.89. The summed E-state index contributed by atoms with van der Waals surface area (Å²) in [7, 11) is -1.95. The first kappa shape index (κ1) is 17.4. The zero-order chi connectivity index (χ0) is 17.3. The second-order valence-corrected chi connectivity index (χ2v) is 9.14. The normalized spacial score (nSPS) is 24.3. The lowest BCUT2D eigenvalue weighted by molar-refractivity contribution is -0.135. The van der Waals surface area contributed by atoms with Gasteiger partial charge < -0.3 is 10.2 Å². The van der Waals surface area contributed by atoms with Gasteiger partial charge in [-0.25, -0.2) is 8.42 Å². The number of hydrogen-bond donors (Lipinski definition) is 1. The summed E-state index contributed by atoms with van der Waals surface area (Å²) in [5.41, 5.74) is 0. The maximum atomic E-state index is 12.4. The zero-order valence-corrected chi connectivity index (χ0v) is 15.2. The maximum absolute atomic E-state index is 12.4. The van der Waals surface area contributed by atoms with Crippen molar-refractivity contribution in [2.24, 2.45) is 0 Å². The van der Waals surface area contributed by atoms with Gasteiger partial charge in [0.05, 0.1) is 17.5 Å². The zero-order valence-electron chi connectivity index (χ0n) is 13.5. The molecule has 1 aromatic rings. The third-order valence-electron chi connectivity index (χ3n) is 4.44. The van der Waals surface area contributed by atoms with Crippen LogP contribution in [-0.2, 0) is 19.6 Å². The number of hydrogen-bond acceptors (Lipinski definition) is 5. The van der Waals surface area contributed by atoms with Gasteiger partial charge in [-0.05, 0) is 24.3 Å². The van der Waals surface area contributed by atoms with Crippen LogP contribution in [0.3, 0.4) is 0 Å². The molecule has 7 nitrogen and oxygen atoms in total. The third-order valence-corrected chi connectivity index (χ3v) is 7.48. The van der Waals surface area contributed by atoms with E-state index in [9.17, 15) is 18.0 Å². The molecule has 24 heavy (non-hydrogen) atoms. The molecular weight excluding hydrogens is 350 g/mol. The van der Waals surface area contributed by atoms with Crippen LogP contribution in [0.5, 0.6) is 0 Å². The van der Waals surface area contributed by atoms with Crippen molar-refractivity contribution in [2.45, 2.75) is 36.6 Å². The van der Waals surface area contributed by atoms with Crippen molar-refractivity contribution in [2.75, 3.05) is 26.7 Å². The van der Waals surface area contributed by atoms with E-state index < -0.39 is 10.0 Å². The third kappa shape index (κ3) is 3.33. The standard InChI is InChI=1S/C15H21N3O4S2/c1-17-9-11(15-12(6-8-23-15)24(17,21)22)16-13(19)10-18-7-4-2-3-5-14(18)20/h6,8,11H,2-5,7,9-10H2,1H3,(H,16,19)/t11-/m0/s1. The SMILES string of the molecule is CN1C[C@H](NC(=O)CN2CCCCCC2=O)c2sccc2S1(=O)=O. The summed E-state index contributed by atoms with van der Waals surface area (Å²) in [6.45, 7) is 0.845. The smallest absolute Gasteiger partial charge is 0.244 e. The van der Waals surface area contributed by atoms with Crippen LogP contribution in [-0.4, -0.2) is 56.1 Å². The first-order chi connectivity index (χ1) is 11.4. The van der Waals surface area contributed by atoms with Crippen LogP contribution in [0.15, 0.2) is 16.3 Å². The number of thiophene rings is 1. The average Bonchev–Trinajstić information content (AvgIpc) is 2.94. The highest BCUT2D eigenvalue weighted by Crippen LogP contribution is 2.35. The molecule has 1 aromatic heterocycles. The molecule has 0 bridgehead atoms. The van der Waals surface area contributed by atoms with Gasteiger partial charge in [-0.1, -0.05) is 6.42 Å². The number of amides is 2. The van der Waals surface area contributed by atoms with Crippen LogP contribution in [0, 0.1) is 0 Å². The molecule has 1 N–H and O–H groups in total. The highest BCUT2D eigenvalue weighted by Gasteiger charge is 2.36. The predicted molar refractivity (Wildman–Crippen MR) is 90.1 cm³/mol. The number of rotatable bonds is 3. The Kier molecular flexibility index (Phi) is 4.93. The van der Waals surface area contributed by atoms with Crippen molar-refractivity contribution in [1.82, 2.24) is 14.5 Å². The minimum atomic E-state index is -3.46. The van der Waals surface area contributed by atoms with Gasteiger partial charge in [0.15, 0.2) is 0 Å². The van der Waals surface area contributed by atoms with E-state index in [1.54, 1.807) is 16.3 Å². The molecule has 0 spiro atoms. The number of nitrogens with zero attached hydrogens (tertiary/aromatic N) is 2. The predicted octanol–water partition coefficient (Wildman–Crippen LogP) is 0.942. The van der Waals surface area contributed by atoms with E-state index in [-0.39, 0.29) is 35.8 Å². The van der Waals surface area contributed by atoms with Gasteiger partial charge in [0, 0.05) is 31.4 Å². The van der Waals surface area contributed by atoms with Crippen molar-refractivity contribution in [3.05, 3.63) is 16.3 Å². The van der Waals surface area contributed by atoms with Gasteiger partial charge in [0.1, 0.15) is 0 Å². The number of likely N-dealkylation sites (N-methyl/N-ethyl adjacent to an activating group) is 1. The summed E-state index contributed by atoms with van der Waals surface area (Å²) in [6, 6.07) is 1.20. The molecular formula is C15H21N3O4S2. The van der Waals surface area contributed by atoms with Crippen LogP contribution in [0.2, 0.25) is 0 Å². The molecule has 0 aliphatic carbocycles. The molecule has 0 saturated carbocycles. The molecule has 2 aliphatic rings. The Morgan fingerprint density at radius 1 is 1.38 bits per heavy atom. The number of sulfonamides is 1. The van der Waals surface area contributed by atoms with Crippen LogP contribution in [0.1, 0.15) is 36.6 Å². The molecule has 2 aliphatic heterocycles. The highest BCUT2D eigenvalue weighted by atomic mass is 32.2. The molecule has 2 amide bonds. The first-order valence-corrected chi connectivity index (χ1v) is 10.3. The molecule has 3 rings (SSSR count). The summed E-state index contributed by atoms with van der Waals surface area (Å²) in [5, 5.41) is 4.61. The lowest BCUT2D eigenvalue weighted by Crippen LogP contribution is -2.46. The van der Waals surface area contributed by atoms with E-state index in [1.165, 1.54) is 22.7 Å². The van der Waals surface area contributed by atoms with E-state index in [0.29, 0.717) is 17.8 Å². The van der Waals surface area contributed by atoms with Gasteiger partial charge in [-0.2, -0.15) is 4.31 Å². The molecule has 0 unspecified atom stereocenters. The fourth-order valence-electron chi connectivity index (χ4n) is 3.11. The van der Waals surface area contributed by atoms with Crippen LogP contribution in [0.25, 0.3) is 0 Å². The number of carbonyl (C=O) groups excluding carboxylic acids is 2. The Hall–Kier alpha value is -1.45. The topological polar surface area (TPSA) is 86.8 Å². The van der Waals surface area contributed by atoms with Gasteiger partial charge in [-0.3, -0.25) is 9.59 Å². The molecule has 0 radical (unpaired) electrons. The van der Waals surface area contributed by atoms with Crippen LogP contribution < -0.4 is 5.32 Å². The summed E-state index contributed by atoms with van der Waals surface area (Å²) in [4.78, 5) is 26.9. The van der Waals surface area contributed by atoms with Gasteiger partial charge in [0.25, 0.3) is 0 Å². The summed E-state index contributed by atoms with van der Waals surface area (Å²) in [6.07, 6.45) is 3.29. The van der Waals surface area contributed by atoms with E-state index in [4.69, 9.17) is 0 Å². The Morgan fingerprint density at radius 2 is 2.17 bits per heavy atom. The molecule has 1 fully saturated rings. The summed E-state index contributed by atoms with van der Waals surface area (Å²) in [5.74, 6) is -0.231. The van der Waals surface area contributed by atoms with Gasteiger partial charge in [0.2, 0.25) is 21.8 Å². The summed E-state index contributed by atoms with van der Waals surface area (Å²) < 4.78 is 25.8. The maximum Gasteiger partial charge on any atom is 0.244 e. The first-order valence-electron chi connectivity index (χ1n) is 8.00. The molecule has 1 saturated heterocycles. The number of fused-ring (bicyclic) bond motifs is 1. The van der Waals surface area contributed by atoms with E-state index in [2.05, 4.69) is 5.32 Å². The summed E-state index contributed by atoms with van der Waals surface area (Å²) >= 11 is 1.33. The van der Waals surface area contributed by atoms with Gasteiger partial charge >= 0.3 is 0 Å². The minimum absolute atomic E-state index is 0.0165. The largest absolute Gasteiger partial charge is 0.346 e. The molecule has 1 atom stereocenters. The number of carbonyl (C=O) groups is 2. The minimum Gasteiger partial charge on any atom is -0.346 e. The Bertz CT molecular complexity index is 744. The number of nitrogens with one attached hydrogen (secondary N) is 1. The quantitative estimate of drug-likeness (QED) is 0.857. The Morgan fingerprint density at radius 3 is 2.96 bits per heavy atom. The van der Waals surface area contributed by atoms with Crippen molar-refractivity contribution >= 4 is 33.2 Å². The molecule has 0 aromatic carbocycles. The van der Waals surface area contributed by atoms with Crippen LogP contribution in [0.4, 0.5) is 0 Å². The van der Waals surface area contributed by atoms with Gasteiger partial charge in [-0.15, -0.1) is 11.3 Å². The fourth-order valence-corrected chi connectivity index (χ4v) is 5.81. The number of likely N-dealkylation sites (tertiary alicyclic amines) is 1. The lowest BCUT2D eigenvalue weighted by Gasteiger charge is -2.30. The molecule has 132 valence electrons. The lowest BCUT2D eigenvalue weighted by atomic mass is 10.2. The monoisotopic (exact) mass is 371 g/mol. The Balaban J connectivity index is 1.70. The fraction of sp³-hybridized carbons (Fsp3) is 0.600. The van der Waals surface area contributed by atoms with Crippen LogP contribution >= 0.6 is 11.3 Å². The second-order valence-electron chi connectivity index (χ2n) is 6.18. The van der Waals surface area contributed by atoms with E-state index in [1.807, 2.05) is 0 Å². The van der Waals surface area contributed by atoms with Crippen molar-refractivity contribution in [1.29, 1.82) is 0 Å². The Labute approximate surface area is 145 Å².